The molecular formula is C12H13N3O2. The highest BCUT2D eigenvalue weighted by Gasteiger charge is 2.32. The van der Waals surface area contributed by atoms with Gasteiger partial charge in [-0.1, -0.05) is 0 Å². The summed E-state index contributed by atoms with van der Waals surface area (Å²) in [5.41, 5.74) is 6.63. The molecule has 5 heteroatoms. The molecule has 3 N–H and O–H groups in total. The van der Waals surface area contributed by atoms with Crippen LogP contribution in [0, 0.1) is 5.92 Å². The van der Waals surface area contributed by atoms with Crippen LogP contribution in [0.5, 0.6) is 0 Å². The Bertz CT molecular complexity index is 476. The average molecular weight is 231 g/mol. The van der Waals surface area contributed by atoms with E-state index in [9.17, 15) is 4.79 Å². The number of carbonyl (C=O) groups is 1. The number of hydrogen-bond acceptors (Lipinski definition) is 4. The molecular weight excluding hydrogens is 218 g/mol. The minimum absolute atomic E-state index is 0.0800. The quantitative estimate of drug-likeness (QED) is 0.607. The van der Waals surface area contributed by atoms with Crippen molar-refractivity contribution < 1.29 is 9.90 Å². The average Bonchev–Trinajstić information content (AvgIpc) is 3.13. The van der Waals surface area contributed by atoms with E-state index in [1.807, 2.05) is 0 Å². The number of carboxylic acids is 1. The maximum atomic E-state index is 11.0. The van der Waals surface area contributed by atoms with Crippen LogP contribution in [-0.2, 0) is 4.79 Å². The lowest BCUT2D eigenvalue weighted by Crippen LogP contribution is -2.15. The Kier molecular flexibility index (Phi) is 3.18. The number of pyridine rings is 1. The van der Waals surface area contributed by atoms with E-state index < -0.39 is 5.97 Å². The van der Waals surface area contributed by atoms with Crippen LogP contribution in [0.4, 0.5) is 5.69 Å². The first-order valence-corrected chi connectivity index (χ1v) is 5.36. The van der Waals surface area contributed by atoms with Gasteiger partial charge in [0.05, 0.1) is 23.2 Å². The zero-order chi connectivity index (χ0) is 12.3. The van der Waals surface area contributed by atoms with E-state index in [1.54, 1.807) is 24.5 Å². The van der Waals surface area contributed by atoms with Gasteiger partial charge in [-0.3, -0.25) is 9.98 Å². The van der Waals surface area contributed by atoms with E-state index in [0.717, 1.165) is 19.0 Å². The first kappa shape index (κ1) is 11.3. The summed E-state index contributed by atoms with van der Waals surface area (Å²) in [6.45, 7) is 0. The van der Waals surface area contributed by atoms with E-state index in [1.165, 1.54) is 0 Å². The number of aromatic nitrogens is 1. The number of nitrogens with zero attached hydrogens (tertiary/aromatic N) is 2. The summed E-state index contributed by atoms with van der Waals surface area (Å²) in [4.78, 5) is 19.3. The molecule has 0 aromatic carbocycles. The van der Waals surface area contributed by atoms with Crippen molar-refractivity contribution >= 4 is 17.4 Å². The fourth-order valence-corrected chi connectivity index (χ4v) is 1.55. The summed E-state index contributed by atoms with van der Waals surface area (Å²) >= 11 is 0. The highest BCUT2D eigenvalue weighted by atomic mass is 16.4. The van der Waals surface area contributed by atoms with E-state index in [2.05, 4.69) is 9.98 Å². The molecule has 2 rings (SSSR count). The smallest absolute Gasteiger partial charge is 0.339 e. The second-order valence-corrected chi connectivity index (χ2v) is 3.87. The summed E-state index contributed by atoms with van der Waals surface area (Å²) in [5.74, 6) is -0.830. The first-order valence-electron chi connectivity index (χ1n) is 5.36. The number of carboxylic acid groups (broad SMARTS) is 1. The lowest BCUT2D eigenvalue weighted by Gasteiger charge is -2.05. The topological polar surface area (TPSA) is 88.6 Å². The number of rotatable bonds is 4. The highest BCUT2D eigenvalue weighted by molar-refractivity contribution is 6.21. The van der Waals surface area contributed by atoms with Crippen molar-refractivity contribution in [2.24, 2.45) is 16.6 Å². The molecule has 17 heavy (non-hydrogen) atoms. The van der Waals surface area contributed by atoms with Crippen LogP contribution in [0.25, 0.3) is 0 Å². The van der Waals surface area contributed by atoms with Gasteiger partial charge < -0.3 is 10.8 Å². The van der Waals surface area contributed by atoms with E-state index in [4.69, 9.17) is 10.8 Å². The Morgan fingerprint density at radius 2 is 2.35 bits per heavy atom. The zero-order valence-corrected chi connectivity index (χ0v) is 9.21. The Morgan fingerprint density at radius 3 is 2.82 bits per heavy atom. The predicted molar refractivity (Wildman–Crippen MR) is 64.0 cm³/mol. The maximum Gasteiger partial charge on any atom is 0.339 e. The molecule has 1 heterocycles. The molecule has 1 aromatic rings. The monoisotopic (exact) mass is 231 g/mol. The molecule has 0 atom stereocenters. The number of aliphatic carboxylic acids is 1. The lowest BCUT2D eigenvalue weighted by molar-refractivity contribution is -0.132. The van der Waals surface area contributed by atoms with Crippen LogP contribution in [-0.4, -0.2) is 21.8 Å². The Labute approximate surface area is 98.7 Å². The minimum atomic E-state index is -1.04. The van der Waals surface area contributed by atoms with Crippen LogP contribution in [0.3, 0.4) is 0 Å². The SMILES string of the molecule is NC=C(C(=O)O)C(=Nc1cccnc1)C1CC1. The normalized spacial score (nSPS) is 16.9. The molecule has 1 aliphatic carbocycles. The summed E-state index contributed by atoms with van der Waals surface area (Å²) in [5, 5.41) is 9.05. The zero-order valence-electron chi connectivity index (χ0n) is 9.21. The van der Waals surface area contributed by atoms with Gasteiger partial charge in [0.15, 0.2) is 0 Å². The number of hydrogen-bond donors (Lipinski definition) is 2. The van der Waals surface area contributed by atoms with Crippen LogP contribution in [0.1, 0.15) is 12.8 Å². The van der Waals surface area contributed by atoms with Gasteiger partial charge in [0.1, 0.15) is 0 Å². The van der Waals surface area contributed by atoms with Gasteiger partial charge in [0, 0.05) is 18.3 Å². The third kappa shape index (κ3) is 2.69. The van der Waals surface area contributed by atoms with Gasteiger partial charge in [-0.25, -0.2) is 4.79 Å². The van der Waals surface area contributed by atoms with Gasteiger partial charge >= 0.3 is 5.97 Å². The summed E-state index contributed by atoms with van der Waals surface area (Å²) in [6.07, 6.45) is 6.27. The fraction of sp³-hybridized carbons (Fsp3) is 0.250. The molecule has 1 fully saturated rings. The third-order valence-corrected chi connectivity index (χ3v) is 2.53. The molecule has 0 spiro atoms. The van der Waals surface area contributed by atoms with Crippen molar-refractivity contribution in [3.05, 3.63) is 36.3 Å². The van der Waals surface area contributed by atoms with Crippen molar-refractivity contribution in [1.29, 1.82) is 0 Å². The molecule has 1 saturated carbocycles. The van der Waals surface area contributed by atoms with Crippen molar-refractivity contribution in [1.82, 2.24) is 4.98 Å². The van der Waals surface area contributed by atoms with E-state index in [-0.39, 0.29) is 11.5 Å². The van der Waals surface area contributed by atoms with Crippen LogP contribution in [0.2, 0.25) is 0 Å². The minimum Gasteiger partial charge on any atom is -0.478 e. The molecule has 5 nitrogen and oxygen atoms in total. The number of aliphatic imine (C=N–C) groups is 1. The molecule has 0 aliphatic heterocycles. The van der Waals surface area contributed by atoms with E-state index >= 15 is 0 Å². The first-order chi connectivity index (χ1) is 8.22. The van der Waals surface area contributed by atoms with Gasteiger partial charge in [-0.05, 0) is 25.0 Å². The third-order valence-electron chi connectivity index (χ3n) is 2.53. The van der Waals surface area contributed by atoms with Crippen LogP contribution >= 0.6 is 0 Å². The summed E-state index contributed by atoms with van der Waals surface area (Å²) in [7, 11) is 0. The fourth-order valence-electron chi connectivity index (χ4n) is 1.55. The van der Waals surface area contributed by atoms with Crippen molar-refractivity contribution in [2.45, 2.75) is 12.8 Å². The molecule has 0 unspecified atom stereocenters. The Balaban J connectivity index is 2.36. The Hall–Kier alpha value is -2.17. The van der Waals surface area contributed by atoms with Crippen molar-refractivity contribution in [3.63, 3.8) is 0 Å². The van der Waals surface area contributed by atoms with Crippen LogP contribution < -0.4 is 5.73 Å². The van der Waals surface area contributed by atoms with Gasteiger partial charge in [0.2, 0.25) is 0 Å². The van der Waals surface area contributed by atoms with Gasteiger partial charge in [-0.15, -0.1) is 0 Å². The second-order valence-electron chi connectivity index (χ2n) is 3.87. The molecule has 88 valence electrons. The molecule has 0 amide bonds. The molecule has 0 bridgehead atoms. The van der Waals surface area contributed by atoms with E-state index in [0.29, 0.717) is 11.4 Å². The van der Waals surface area contributed by atoms with Gasteiger partial charge in [-0.2, -0.15) is 0 Å². The highest BCUT2D eigenvalue weighted by Crippen LogP contribution is 2.34. The van der Waals surface area contributed by atoms with Crippen molar-refractivity contribution in [3.8, 4) is 0 Å². The number of nitrogens with two attached hydrogens (primary N) is 1. The molecule has 0 saturated heterocycles. The molecule has 0 radical (unpaired) electrons. The second kappa shape index (κ2) is 4.78. The largest absolute Gasteiger partial charge is 0.478 e. The lowest BCUT2D eigenvalue weighted by atomic mass is 10.1. The van der Waals surface area contributed by atoms with Gasteiger partial charge in [0.25, 0.3) is 0 Å². The summed E-state index contributed by atoms with van der Waals surface area (Å²) < 4.78 is 0. The van der Waals surface area contributed by atoms with Crippen LogP contribution in [0.15, 0.2) is 41.3 Å². The van der Waals surface area contributed by atoms with Crippen molar-refractivity contribution in [2.75, 3.05) is 0 Å². The molecule has 1 aliphatic rings. The maximum absolute atomic E-state index is 11.0. The Morgan fingerprint density at radius 1 is 1.59 bits per heavy atom. The molecule has 1 aromatic heterocycles. The standard InChI is InChI=1S/C12H13N3O2/c13-6-10(12(16)17)11(8-3-4-8)15-9-2-1-5-14-7-9/h1-2,5-8H,3-4,13H2,(H,16,17). The summed E-state index contributed by atoms with van der Waals surface area (Å²) in [6, 6.07) is 3.54. The predicted octanol–water partition coefficient (Wildman–Crippen LogP) is 1.49.